The van der Waals surface area contributed by atoms with Crippen LogP contribution in [0.3, 0.4) is 0 Å². The van der Waals surface area contributed by atoms with E-state index in [1.807, 2.05) is 32.9 Å². The van der Waals surface area contributed by atoms with Crippen LogP contribution < -0.4 is 21.3 Å². The average molecular weight is 979 g/mol. The fraction of sp³-hybridized carbons (Fsp3) is 0.471. The minimum Gasteiger partial charge on any atom is -0.461 e. The predicted octanol–water partition coefficient (Wildman–Crippen LogP) is 5.04. The quantitative estimate of drug-likeness (QED) is 0.0161. The second-order valence-electron chi connectivity index (χ2n) is 17.3. The molecule has 0 saturated heterocycles. The van der Waals surface area contributed by atoms with Crippen molar-refractivity contribution in [2.75, 3.05) is 26.3 Å². The van der Waals surface area contributed by atoms with Gasteiger partial charge in [0.1, 0.15) is 25.3 Å². The van der Waals surface area contributed by atoms with Gasteiger partial charge in [0.25, 0.3) is 0 Å². The van der Waals surface area contributed by atoms with Gasteiger partial charge in [-0.25, -0.2) is 4.68 Å². The molecule has 0 radical (unpaired) electrons. The van der Waals surface area contributed by atoms with E-state index in [0.717, 1.165) is 5.56 Å². The number of hydrogen-bond acceptors (Lipinski definition) is 13. The van der Waals surface area contributed by atoms with Gasteiger partial charge in [0.05, 0.1) is 50.3 Å². The molecule has 0 unspecified atom stereocenters. The highest BCUT2D eigenvalue weighted by atomic mass is 16.5. The summed E-state index contributed by atoms with van der Waals surface area (Å²) >= 11 is 0. The first-order valence-corrected chi connectivity index (χ1v) is 23.9. The Morgan fingerprint density at radius 1 is 0.718 bits per heavy atom. The molecule has 0 fully saturated rings. The standard InChI is InChI=1S/C51H66N10O10/c1-4-23-53-50(67)44(32-48(65)71-35-39-19-12-7-13-20-39)57-49(66)40(31-47(64)70-34-38-17-10-6-11-18-38)30-45(62)42(29-37-15-8-5-9-16-37)56-51(68)43(28-36(2)3)55-46(63)22-14-21-41-33-61(60-58-41)25-27-69-26-24-54-59-52/h5-13,15-20,33,36,40,42-44H,4,14,21-32,34-35H2,1-3H3,(H,53,67)(H,55,63)(H,56,68)(H,57,66)/t40-,42+,43-,44+/m1/s1. The first-order chi connectivity index (χ1) is 34.3. The van der Waals surface area contributed by atoms with E-state index < -0.39 is 78.7 Å². The molecule has 1 heterocycles. The Kier molecular flexibility index (Phi) is 25.0. The Morgan fingerprint density at radius 3 is 1.93 bits per heavy atom. The summed E-state index contributed by atoms with van der Waals surface area (Å²) in [5.74, 6) is -6.14. The lowest BCUT2D eigenvalue weighted by atomic mass is 9.91. The fourth-order valence-corrected chi connectivity index (χ4v) is 7.21. The third-order valence-corrected chi connectivity index (χ3v) is 10.9. The van der Waals surface area contributed by atoms with Crippen molar-refractivity contribution < 1.29 is 47.8 Å². The number of aryl methyl sites for hydroxylation is 1. The SMILES string of the molecule is CCCNC(=O)[C@H](CC(=O)OCc1ccccc1)NC(=O)[C@@H](CC(=O)OCc1ccccc1)CC(=O)[C@H](Cc1ccccc1)NC(=O)[C@@H](CC(C)C)NC(=O)CCCc1cn(CCOCCN=[N+]=[N-])nn1. The molecule has 20 heteroatoms. The van der Waals surface area contributed by atoms with E-state index in [1.54, 1.807) is 89.7 Å². The van der Waals surface area contributed by atoms with Crippen LogP contribution >= 0.6 is 0 Å². The van der Waals surface area contributed by atoms with E-state index in [-0.39, 0.29) is 64.0 Å². The van der Waals surface area contributed by atoms with Crippen molar-refractivity contribution in [3.05, 3.63) is 130 Å². The summed E-state index contributed by atoms with van der Waals surface area (Å²) in [4.78, 5) is 99.0. The number of amides is 4. The smallest absolute Gasteiger partial charge is 0.308 e. The van der Waals surface area contributed by atoms with Gasteiger partial charge in [0.15, 0.2) is 5.78 Å². The maximum atomic E-state index is 14.6. The number of rotatable bonds is 33. The summed E-state index contributed by atoms with van der Waals surface area (Å²) in [5.41, 5.74) is 11.1. The van der Waals surface area contributed by atoms with Crippen molar-refractivity contribution >= 4 is 41.4 Å². The normalized spacial score (nSPS) is 12.6. The van der Waals surface area contributed by atoms with Gasteiger partial charge in [-0.15, -0.1) is 5.10 Å². The summed E-state index contributed by atoms with van der Waals surface area (Å²) in [7, 11) is 0. The van der Waals surface area contributed by atoms with Gasteiger partial charge in [0.2, 0.25) is 23.6 Å². The van der Waals surface area contributed by atoms with E-state index in [0.29, 0.717) is 49.2 Å². The highest BCUT2D eigenvalue weighted by Gasteiger charge is 2.34. The van der Waals surface area contributed by atoms with Crippen LogP contribution in [0.4, 0.5) is 0 Å². The summed E-state index contributed by atoms with van der Waals surface area (Å²) < 4.78 is 18.0. The largest absolute Gasteiger partial charge is 0.461 e. The van der Waals surface area contributed by atoms with Crippen molar-refractivity contribution in [1.82, 2.24) is 36.3 Å². The Hall–Kier alpha value is -7.44. The minimum atomic E-state index is -1.42. The van der Waals surface area contributed by atoms with Crippen LogP contribution in [-0.2, 0) is 80.4 Å². The molecule has 4 amide bonds. The lowest BCUT2D eigenvalue weighted by molar-refractivity contribution is -0.150. The van der Waals surface area contributed by atoms with Gasteiger partial charge < -0.3 is 35.5 Å². The molecule has 20 nitrogen and oxygen atoms in total. The first-order valence-electron chi connectivity index (χ1n) is 23.9. The van der Waals surface area contributed by atoms with E-state index in [1.165, 1.54) is 0 Å². The molecule has 0 aliphatic carbocycles. The van der Waals surface area contributed by atoms with Crippen LogP contribution in [-0.4, -0.2) is 101 Å². The van der Waals surface area contributed by atoms with Crippen molar-refractivity contribution in [3.8, 4) is 0 Å². The number of carbonyl (C=O) groups is 7. The molecule has 0 aliphatic heterocycles. The molecule has 4 N–H and O–H groups in total. The Labute approximate surface area is 414 Å². The zero-order chi connectivity index (χ0) is 51.2. The number of Topliss-reactive ketones (excluding diaryl/α,β-unsaturated/α-hetero) is 1. The number of azide groups is 1. The van der Waals surface area contributed by atoms with E-state index in [2.05, 4.69) is 41.6 Å². The van der Waals surface area contributed by atoms with Crippen LogP contribution in [0.1, 0.15) is 88.1 Å². The Balaban J connectivity index is 1.49. The van der Waals surface area contributed by atoms with Crippen molar-refractivity contribution in [1.29, 1.82) is 0 Å². The van der Waals surface area contributed by atoms with Crippen molar-refractivity contribution in [3.63, 3.8) is 0 Å². The number of ketones is 1. The topological polar surface area (TPSA) is 275 Å². The van der Waals surface area contributed by atoms with Crippen LogP contribution in [0.25, 0.3) is 10.4 Å². The number of aromatic nitrogens is 3. The minimum absolute atomic E-state index is 0.0123. The molecule has 4 atom stereocenters. The lowest BCUT2D eigenvalue weighted by Crippen LogP contribution is -2.53. The molecule has 0 aliphatic rings. The predicted molar refractivity (Wildman–Crippen MR) is 261 cm³/mol. The monoisotopic (exact) mass is 978 g/mol. The maximum absolute atomic E-state index is 14.6. The third-order valence-electron chi connectivity index (χ3n) is 10.9. The molecular weight excluding hydrogens is 913 g/mol. The lowest BCUT2D eigenvalue weighted by Gasteiger charge is -2.26. The molecule has 4 rings (SSSR count). The van der Waals surface area contributed by atoms with Crippen molar-refractivity contribution in [2.45, 2.75) is 116 Å². The average Bonchev–Trinajstić information content (AvgIpc) is 3.82. The van der Waals surface area contributed by atoms with Gasteiger partial charge in [-0.1, -0.05) is 122 Å². The number of esters is 2. The molecule has 0 spiro atoms. The van der Waals surface area contributed by atoms with E-state index in [9.17, 15) is 33.6 Å². The molecule has 71 heavy (non-hydrogen) atoms. The molecular formula is C51H66N10O10. The Morgan fingerprint density at radius 2 is 1.32 bits per heavy atom. The van der Waals surface area contributed by atoms with E-state index in [4.69, 9.17) is 19.7 Å². The van der Waals surface area contributed by atoms with Gasteiger partial charge in [-0.3, -0.25) is 33.6 Å². The van der Waals surface area contributed by atoms with Gasteiger partial charge in [-0.2, -0.15) is 0 Å². The van der Waals surface area contributed by atoms with Crippen LogP contribution in [0.2, 0.25) is 0 Å². The number of carbonyl (C=O) groups excluding carboxylic acids is 7. The second-order valence-corrected chi connectivity index (χ2v) is 17.3. The summed E-state index contributed by atoms with van der Waals surface area (Å²) in [6, 6.07) is 23.1. The molecule has 0 bridgehead atoms. The first kappa shape index (κ1) is 56.2. The van der Waals surface area contributed by atoms with Gasteiger partial charge in [-0.05, 0) is 60.2 Å². The summed E-state index contributed by atoms with van der Waals surface area (Å²) in [5, 5.41) is 22.6. The maximum Gasteiger partial charge on any atom is 0.308 e. The van der Waals surface area contributed by atoms with E-state index >= 15 is 0 Å². The van der Waals surface area contributed by atoms with Crippen LogP contribution in [0, 0.1) is 11.8 Å². The van der Waals surface area contributed by atoms with Gasteiger partial charge in [0, 0.05) is 37.0 Å². The van der Waals surface area contributed by atoms with Crippen LogP contribution in [0.15, 0.2) is 102 Å². The highest BCUT2D eigenvalue weighted by molar-refractivity contribution is 5.97. The van der Waals surface area contributed by atoms with Crippen LogP contribution in [0.5, 0.6) is 0 Å². The third kappa shape index (κ3) is 22.2. The fourth-order valence-electron chi connectivity index (χ4n) is 7.21. The van der Waals surface area contributed by atoms with Crippen molar-refractivity contribution in [2.24, 2.45) is 17.0 Å². The van der Waals surface area contributed by atoms with Gasteiger partial charge >= 0.3 is 11.9 Å². The number of hydrogen-bond donors (Lipinski definition) is 4. The number of nitrogens with one attached hydrogen (secondary N) is 4. The molecule has 4 aromatic rings. The summed E-state index contributed by atoms with van der Waals surface area (Å²) in [6.07, 6.45) is 1.82. The zero-order valence-corrected chi connectivity index (χ0v) is 40.7. The number of ether oxygens (including phenoxy) is 3. The second kappa shape index (κ2) is 31.6. The zero-order valence-electron chi connectivity index (χ0n) is 40.7. The Bertz CT molecular complexity index is 2340. The molecule has 1 aromatic heterocycles. The molecule has 380 valence electrons. The highest BCUT2D eigenvalue weighted by Crippen LogP contribution is 2.18. The number of nitrogens with zero attached hydrogens (tertiary/aromatic N) is 6. The number of benzene rings is 3. The summed E-state index contributed by atoms with van der Waals surface area (Å²) in [6.45, 7) is 7.01. The molecule has 3 aromatic carbocycles. The molecule has 0 saturated carbocycles.